The summed E-state index contributed by atoms with van der Waals surface area (Å²) in [5.41, 5.74) is 0. The van der Waals surface area contributed by atoms with Gasteiger partial charge in [0.25, 0.3) is 0 Å². The summed E-state index contributed by atoms with van der Waals surface area (Å²) in [5, 5.41) is 0. The summed E-state index contributed by atoms with van der Waals surface area (Å²) in [5.74, 6) is 0. The zero-order valence-electron chi connectivity index (χ0n) is 1.06. The molecule has 4 heteroatoms. The molecule has 4 heavy (non-hydrogen) atoms. The van der Waals surface area contributed by atoms with Crippen molar-refractivity contribution in [2.45, 2.75) is 0 Å². The van der Waals surface area contributed by atoms with Crippen LogP contribution >= 0.6 is 0 Å². The van der Waals surface area contributed by atoms with E-state index in [9.17, 15) is 0 Å². The minimum absolute atomic E-state index is 0. The third-order valence-corrected chi connectivity index (χ3v) is 0. The van der Waals surface area contributed by atoms with Gasteiger partial charge in [0.05, 0.1) is 0 Å². The van der Waals surface area contributed by atoms with Crippen LogP contribution in [0.3, 0.4) is 0 Å². The molecule has 0 N–H and O–H groups in total. The van der Waals surface area contributed by atoms with Crippen LogP contribution in [0.5, 0.6) is 0 Å². The molecule has 0 rings (SSSR count). The average Bonchev–Trinajstić information content (AvgIpc) is 0. The second-order valence-electron chi connectivity index (χ2n) is 0. The maximum absolute atomic E-state index is 0. The van der Waals surface area contributed by atoms with E-state index in [0.29, 0.717) is 0 Å². The molecule has 1 radical (unpaired) electrons. The molecule has 33 valence electrons. The minimum atomic E-state index is 0. The Morgan fingerprint density at radius 3 is 1.00 bits per heavy atom. The zero-order valence-corrected chi connectivity index (χ0v) is 4.36. The molecule has 0 atom stereocenters. The van der Waals surface area contributed by atoms with Gasteiger partial charge in [-0.15, -0.1) is 0 Å². The van der Waals surface area contributed by atoms with E-state index < -0.39 is 0 Å². The van der Waals surface area contributed by atoms with E-state index in [2.05, 4.69) is 0 Å². The quantitative estimate of drug-likeness (QED) is 0.458. The van der Waals surface area contributed by atoms with Crippen molar-refractivity contribution in [1.82, 2.24) is 0 Å². The van der Waals surface area contributed by atoms with Gasteiger partial charge < -0.3 is 0 Å². The van der Waals surface area contributed by atoms with Crippen LogP contribution in [0.4, 0.5) is 0 Å². The van der Waals surface area contributed by atoms with Crippen molar-refractivity contribution >= 4 is 17.6 Å². The van der Waals surface area contributed by atoms with E-state index in [1.54, 1.807) is 0 Å². The van der Waals surface area contributed by atoms with Crippen molar-refractivity contribution in [3.05, 3.63) is 0 Å². The molecule has 0 aromatic carbocycles. The van der Waals surface area contributed by atoms with E-state index in [4.69, 9.17) is 0 Å². The van der Waals surface area contributed by atoms with Gasteiger partial charge in [0.15, 0.2) is 0 Å². The van der Waals surface area contributed by atoms with Gasteiger partial charge in [0.1, 0.15) is 0 Å². The average molecular weight is 246 g/mol. The molecule has 0 unspecified atom stereocenters. The van der Waals surface area contributed by atoms with Gasteiger partial charge in [-0.05, 0) is 0 Å². The molecule has 0 aromatic rings. The van der Waals surface area contributed by atoms with Gasteiger partial charge in [0, 0.05) is 50.6 Å². The smallest absolute Gasteiger partial charge is 0 e. The van der Waals surface area contributed by atoms with Crippen LogP contribution in [-0.4, -0.2) is 17.6 Å². The second kappa shape index (κ2) is 19.6. The van der Waals surface area contributed by atoms with Gasteiger partial charge in [-0.3, -0.25) is 0 Å². The molecular weight excluding hydrogens is 242 g/mol. The third kappa shape index (κ3) is 8.95. The summed E-state index contributed by atoms with van der Waals surface area (Å²) in [6.07, 6.45) is 0. The first-order valence-electron chi connectivity index (χ1n) is 0. The fourth-order valence-corrected chi connectivity index (χ4v) is 0. The molecular formula is H4CoCrGeNi. The fourth-order valence-electron chi connectivity index (χ4n) is 0. The number of hydrogen-bond donors (Lipinski definition) is 0. The molecule has 0 aliphatic rings. The summed E-state index contributed by atoms with van der Waals surface area (Å²) < 4.78 is 0. The first kappa shape index (κ1) is 36.3. The summed E-state index contributed by atoms with van der Waals surface area (Å²) in [6, 6.07) is 0. The topological polar surface area (TPSA) is 0 Å². The van der Waals surface area contributed by atoms with Crippen molar-refractivity contribution in [2.75, 3.05) is 0 Å². The summed E-state index contributed by atoms with van der Waals surface area (Å²) in [4.78, 5) is 0. The van der Waals surface area contributed by atoms with Crippen molar-refractivity contribution in [3.8, 4) is 0 Å². The zero-order chi connectivity index (χ0) is 0. The van der Waals surface area contributed by atoms with E-state index in [1.807, 2.05) is 0 Å². The monoisotopic (exact) mass is 247 g/mol. The first-order chi connectivity index (χ1) is 0. The summed E-state index contributed by atoms with van der Waals surface area (Å²) in [7, 11) is 0. The molecule has 0 heterocycles. The maximum atomic E-state index is 0. The summed E-state index contributed by atoms with van der Waals surface area (Å²) in [6.45, 7) is 0. The Labute approximate surface area is 67.7 Å². The van der Waals surface area contributed by atoms with E-state index in [-0.39, 0.29) is 68.2 Å². The molecule has 0 aliphatic carbocycles. The largest absolute Gasteiger partial charge is 0 e. The number of hydrogen-bond acceptors (Lipinski definition) is 0. The van der Waals surface area contributed by atoms with Gasteiger partial charge in [-0.2, -0.15) is 0 Å². The van der Waals surface area contributed by atoms with Crippen LogP contribution in [-0.2, 0) is 50.6 Å². The normalized spacial score (nSPS) is 0. The van der Waals surface area contributed by atoms with Gasteiger partial charge >= 0.3 is 17.6 Å². The maximum Gasteiger partial charge on any atom is 0 e. The van der Waals surface area contributed by atoms with E-state index in [1.165, 1.54) is 0 Å². The van der Waals surface area contributed by atoms with Gasteiger partial charge in [-0.1, -0.05) is 0 Å². The molecule has 0 bridgehead atoms. The molecule has 0 nitrogen and oxygen atoms in total. The summed E-state index contributed by atoms with van der Waals surface area (Å²) >= 11 is 0. The molecule has 0 fully saturated rings. The van der Waals surface area contributed by atoms with Crippen LogP contribution in [0, 0.1) is 0 Å². The standard InChI is InChI=1S/Co.Cr.GeH4.Ni/h;;1H4;. The Balaban J connectivity index is 0. The Hall–Kier alpha value is 2.08. The molecule has 0 aliphatic heterocycles. The Bertz CT molecular complexity index is 8.00. The van der Waals surface area contributed by atoms with Crippen LogP contribution in [0.2, 0.25) is 0 Å². The molecule has 0 spiro atoms. The van der Waals surface area contributed by atoms with Crippen molar-refractivity contribution < 1.29 is 50.6 Å². The SMILES string of the molecule is [Co].[Cr].[GeH4].[Ni]. The van der Waals surface area contributed by atoms with Crippen molar-refractivity contribution in [1.29, 1.82) is 0 Å². The molecule has 0 amide bonds. The molecule has 0 aromatic heterocycles. The van der Waals surface area contributed by atoms with Gasteiger partial charge in [-0.25, -0.2) is 0 Å². The Morgan fingerprint density at radius 2 is 1.00 bits per heavy atom. The fraction of sp³-hybridized carbons (Fsp3) is 0. The predicted molar refractivity (Wildman–Crippen MR) is 11.3 cm³/mol. The van der Waals surface area contributed by atoms with Crippen LogP contribution in [0.15, 0.2) is 0 Å². The van der Waals surface area contributed by atoms with Crippen molar-refractivity contribution in [3.63, 3.8) is 0 Å². The van der Waals surface area contributed by atoms with Crippen LogP contribution in [0.1, 0.15) is 0 Å². The predicted octanol–water partition coefficient (Wildman–Crippen LogP) is -1.46. The Morgan fingerprint density at radius 1 is 1.00 bits per heavy atom. The molecule has 0 saturated carbocycles. The van der Waals surface area contributed by atoms with E-state index in [0.717, 1.165) is 0 Å². The Kier molecular flexibility index (Phi) is 178. The second-order valence-corrected chi connectivity index (χ2v) is 0. The van der Waals surface area contributed by atoms with Gasteiger partial charge in [0.2, 0.25) is 0 Å². The number of rotatable bonds is 0. The van der Waals surface area contributed by atoms with Crippen molar-refractivity contribution in [2.24, 2.45) is 0 Å². The minimum Gasteiger partial charge on any atom is 0 e. The first-order valence-corrected chi connectivity index (χ1v) is 0. The molecule has 0 saturated heterocycles. The van der Waals surface area contributed by atoms with E-state index >= 15 is 0 Å². The van der Waals surface area contributed by atoms with Crippen LogP contribution in [0.25, 0.3) is 0 Å². The third-order valence-electron chi connectivity index (χ3n) is 0. The van der Waals surface area contributed by atoms with Crippen LogP contribution < -0.4 is 0 Å².